The number of rotatable bonds is 5. The van der Waals surface area contributed by atoms with Crippen molar-refractivity contribution in [2.75, 3.05) is 39.3 Å². The molecule has 2 aliphatic rings. The number of hydrogen-bond acceptors (Lipinski definition) is 3. The van der Waals surface area contributed by atoms with Crippen LogP contribution in [0, 0.1) is 23.5 Å². The Bertz CT molecular complexity index is 566. The lowest BCUT2D eigenvalue weighted by Gasteiger charge is -2.30. The van der Waals surface area contributed by atoms with E-state index in [0.717, 1.165) is 38.3 Å². The van der Waals surface area contributed by atoms with Gasteiger partial charge in [-0.15, -0.1) is 0 Å². The quantitative estimate of drug-likeness (QED) is 0.819. The van der Waals surface area contributed by atoms with Gasteiger partial charge in [0.15, 0.2) is 0 Å². The number of benzene rings is 1. The lowest BCUT2D eigenvalue weighted by molar-refractivity contribution is 0.149. The molecule has 0 radical (unpaired) electrons. The van der Waals surface area contributed by atoms with E-state index < -0.39 is 11.6 Å². The molecule has 2 aliphatic heterocycles. The van der Waals surface area contributed by atoms with E-state index in [4.69, 9.17) is 11.6 Å². The van der Waals surface area contributed by atoms with E-state index in [1.54, 1.807) is 0 Å². The third-order valence-corrected chi connectivity index (χ3v) is 5.76. The minimum Gasteiger partial charge on any atom is -0.396 e. The van der Waals surface area contributed by atoms with Crippen LogP contribution in [0.4, 0.5) is 8.78 Å². The van der Waals surface area contributed by atoms with Crippen LogP contribution in [0.15, 0.2) is 12.1 Å². The number of piperidine rings is 1. The largest absolute Gasteiger partial charge is 0.396 e. The summed E-state index contributed by atoms with van der Waals surface area (Å²) in [4.78, 5) is 4.55. The van der Waals surface area contributed by atoms with Crippen molar-refractivity contribution in [1.29, 1.82) is 0 Å². The maximum absolute atomic E-state index is 14.0. The van der Waals surface area contributed by atoms with Gasteiger partial charge in [-0.2, -0.15) is 0 Å². The molecule has 134 valence electrons. The summed E-state index contributed by atoms with van der Waals surface area (Å²) in [5.74, 6) is -0.511. The van der Waals surface area contributed by atoms with Crippen molar-refractivity contribution in [3.8, 4) is 0 Å². The topological polar surface area (TPSA) is 26.7 Å². The fourth-order valence-electron chi connectivity index (χ4n) is 3.99. The van der Waals surface area contributed by atoms with Crippen molar-refractivity contribution < 1.29 is 13.9 Å². The number of halogens is 3. The fraction of sp³-hybridized carbons (Fsp3) is 0.667. The van der Waals surface area contributed by atoms with Gasteiger partial charge >= 0.3 is 0 Å². The zero-order valence-electron chi connectivity index (χ0n) is 13.9. The fourth-order valence-corrected chi connectivity index (χ4v) is 4.20. The molecule has 24 heavy (non-hydrogen) atoms. The summed E-state index contributed by atoms with van der Waals surface area (Å²) in [5.41, 5.74) is 0.215. The maximum Gasteiger partial charge on any atom is 0.142 e. The van der Waals surface area contributed by atoms with Crippen molar-refractivity contribution in [2.24, 2.45) is 11.8 Å². The van der Waals surface area contributed by atoms with Gasteiger partial charge in [0.25, 0.3) is 0 Å². The minimum absolute atomic E-state index is 0.130. The summed E-state index contributed by atoms with van der Waals surface area (Å²) < 4.78 is 27.6. The molecule has 1 aromatic carbocycles. The third-order valence-electron chi connectivity index (χ3n) is 5.35. The molecular formula is C18H25ClF2N2O. The number of hydrogen-bond donors (Lipinski definition) is 1. The first-order valence-corrected chi connectivity index (χ1v) is 9.14. The Morgan fingerprint density at radius 2 is 1.67 bits per heavy atom. The Morgan fingerprint density at radius 3 is 2.38 bits per heavy atom. The smallest absolute Gasteiger partial charge is 0.142 e. The molecule has 0 unspecified atom stereocenters. The van der Waals surface area contributed by atoms with Gasteiger partial charge in [-0.25, -0.2) is 8.78 Å². The highest BCUT2D eigenvalue weighted by molar-refractivity contribution is 6.31. The first kappa shape index (κ1) is 18.1. The van der Waals surface area contributed by atoms with Crippen molar-refractivity contribution in [3.05, 3.63) is 34.4 Å². The molecule has 2 atom stereocenters. The summed E-state index contributed by atoms with van der Waals surface area (Å²) in [5, 5.41) is 9.57. The number of nitrogens with zero attached hydrogens (tertiary/aromatic N) is 2. The Morgan fingerprint density at radius 1 is 1.00 bits per heavy atom. The van der Waals surface area contributed by atoms with E-state index in [1.807, 2.05) is 0 Å². The van der Waals surface area contributed by atoms with Gasteiger partial charge in [0.1, 0.15) is 11.6 Å². The van der Waals surface area contributed by atoms with Crippen LogP contribution in [-0.2, 0) is 6.54 Å². The first-order chi connectivity index (χ1) is 11.6. The standard InChI is InChI=1S/C18H25ClF2N2O/c19-18-15(16(20)4-5-17(18)21)11-23-9-13(14(10-23)12-24)8-22-6-2-1-3-7-22/h4-5,13-14,24H,1-3,6-12H2/t13-,14-/m0/s1. The normalized spacial score (nSPS) is 26.2. The van der Waals surface area contributed by atoms with E-state index in [9.17, 15) is 13.9 Å². The van der Waals surface area contributed by atoms with Crippen LogP contribution < -0.4 is 0 Å². The van der Waals surface area contributed by atoms with Crippen LogP contribution in [0.5, 0.6) is 0 Å². The van der Waals surface area contributed by atoms with E-state index in [-0.39, 0.29) is 29.7 Å². The van der Waals surface area contributed by atoms with Gasteiger partial charge in [0.05, 0.1) is 5.02 Å². The Hall–Kier alpha value is -0.750. The average molecular weight is 359 g/mol. The van der Waals surface area contributed by atoms with Crippen LogP contribution in [-0.4, -0.2) is 54.2 Å². The van der Waals surface area contributed by atoms with E-state index >= 15 is 0 Å². The predicted octanol–water partition coefficient (Wildman–Crippen LogP) is 3.14. The monoisotopic (exact) mass is 358 g/mol. The molecule has 1 N–H and O–H groups in total. The number of aliphatic hydroxyl groups is 1. The predicted molar refractivity (Wildman–Crippen MR) is 91.0 cm³/mol. The second kappa shape index (κ2) is 8.09. The third kappa shape index (κ3) is 4.07. The minimum atomic E-state index is -0.587. The first-order valence-electron chi connectivity index (χ1n) is 8.76. The SMILES string of the molecule is OC[C@@H]1CN(Cc2c(F)ccc(F)c2Cl)C[C@@H]1CN1CCCCC1. The van der Waals surface area contributed by atoms with Gasteiger partial charge in [0.2, 0.25) is 0 Å². The highest BCUT2D eigenvalue weighted by Gasteiger charge is 2.34. The van der Waals surface area contributed by atoms with Gasteiger partial charge < -0.3 is 10.0 Å². The molecule has 0 aromatic heterocycles. The Labute approximate surface area is 147 Å². The summed E-state index contributed by atoms with van der Waals surface area (Å²) in [7, 11) is 0. The Balaban J connectivity index is 1.64. The van der Waals surface area contributed by atoms with Gasteiger partial charge in [-0.1, -0.05) is 18.0 Å². The molecule has 0 amide bonds. The summed E-state index contributed by atoms with van der Waals surface area (Å²) in [6.45, 7) is 5.12. The van der Waals surface area contributed by atoms with E-state index in [0.29, 0.717) is 12.5 Å². The molecule has 2 saturated heterocycles. The van der Waals surface area contributed by atoms with Crippen LogP contribution in [0.1, 0.15) is 24.8 Å². The molecule has 2 heterocycles. The van der Waals surface area contributed by atoms with Crippen LogP contribution in [0.2, 0.25) is 5.02 Å². The average Bonchev–Trinajstić information content (AvgIpc) is 2.98. The lowest BCUT2D eigenvalue weighted by atomic mass is 9.95. The maximum atomic E-state index is 14.0. The molecule has 0 spiro atoms. The lowest BCUT2D eigenvalue weighted by Crippen LogP contribution is -2.37. The molecule has 0 saturated carbocycles. The summed E-state index contributed by atoms with van der Waals surface area (Å²) in [6.07, 6.45) is 3.78. The molecule has 2 fully saturated rings. The van der Waals surface area contributed by atoms with Crippen molar-refractivity contribution in [3.63, 3.8) is 0 Å². The summed E-state index contributed by atoms with van der Waals surface area (Å²) in [6, 6.07) is 2.18. The summed E-state index contributed by atoms with van der Waals surface area (Å²) >= 11 is 5.94. The molecule has 1 aromatic rings. The van der Waals surface area contributed by atoms with E-state index in [1.165, 1.54) is 19.3 Å². The van der Waals surface area contributed by atoms with Crippen LogP contribution in [0.25, 0.3) is 0 Å². The molecule has 6 heteroatoms. The van der Waals surface area contributed by atoms with Crippen LogP contribution in [0.3, 0.4) is 0 Å². The second-order valence-corrected chi connectivity index (χ2v) is 7.46. The molecule has 0 bridgehead atoms. The molecular weight excluding hydrogens is 334 g/mol. The Kier molecular flexibility index (Phi) is 6.08. The molecule has 3 rings (SSSR count). The highest BCUT2D eigenvalue weighted by Crippen LogP contribution is 2.30. The van der Waals surface area contributed by atoms with Gasteiger partial charge in [-0.3, -0.25) is 4.90 Å². The van der Waals surface area contributed by atoms with Gasteiger partial charge in [0, 0.05) is 38.3 Å². The molecule has 0 aliphatic carbocycles. The zero-order valence-corrected chi connectivity index (χ0v) is 14.6. The van der Waals surface area contributed by atoms with Crippen molar-refractivity contribution in [2.45, 2.75) is 25.8 Å². The van der Waals surface area contributed by atoms with Gasteiger partial charge in [-0.05, 0) is 49.9 Å². The van der Waals surface area contributed by atoms with E-state index in [2.05, 4.69) is 9.80 Å². The molecule has 3 nitrogen and oxygen atoms in total. The highest BCUT2D eigenvalue weighted by atomic mass is 35.5. The van der Waals surface area contributed by atoms with Crippen LogP contribution >= 0.6 is 11.6 Å². The second-order valence-electron chi connectivity index (χ2n) is 7.08. The van der Waals surface area contributed by atoms with Crippen molar-refractivity contribution >= 4 is 11.6 Å². The zero-order chi connectivity index (χ0) is 17.1. The van der Waals surface area contributed by atoms with Crippen molar-refractivity contribution in [1.82, 2.24) is 9.80 Å². The number of likely N-dealkylation sites (tertiary alicyclic amines) is 2. The number of aliphatic hydroxyl groups excluding tert-OH is 1.